The maximum atomic E-state index is 11.6. The van der Waals surface area contributed by atoms with E-state index in [-0.39, 0.29) is 5.78 Å². The molecule has 94 valence electrons. The van der Waals surface area contributed by atoms with Crippen molar-refractivity contribution < 1.29 is 4.79 Å². The average molecular weight is 242 g/mol. The molecule has 0 bridgehead atoms. The molecule has 1 aromatic heterocycles. The minimum atomic E-state index is 0.0129. The van der Waals surface area contributed by atoms with Gasteiger partial charge in [-0.2, -0.15) is 0 Å². The normalized spacial score (nSPS) is 10.7. The molecule has 0 aliphatic carbocycles. The van der Waals surface area contributed by atoms with Crippen LogP contribution in [0, 0.1) is 13.8 Å². The first-order chi connectivity index (χ1) is 8.43. The zero-order valence-electron chi connectivity index (χ0n) is 11.2. The van der Waals surface area contributed by atoms with Gasteiger partial charge >= 0.3 is 0 Å². The number of nitrogens with zero attached hydrogens (tertiary/aromatic N) is 1. The van der Waals surface area contributed by atoms with Gasteiger partial charge in [0, 0.05) is 18.3 Å². The molecule has 0 aliphatic heterocycles. The second-order valence-corrected chi connectivity index (χ2v) is 4.70. The average Bonchev–Trinajstić information content (AvgIpc) is 2.52. The Morgan fingerprint density at radius 1 is 1.17 bits per heavy atom. The number of Topliss-reactive ketones (excluding diaryl/α,β-unsaturated/α-hetero) is 1. The fourth-order valence-electron chi connectivity index (χ4n) is 2.33. The first kappa shape index (κ1) is 12.4. The summed E-state index contributed by atoms with van der Waals surface area (Å²) in [4.78, 5) is 11.6. The van der Waals surface area contributed by atoms with E-state index in [0.717, 1.165) is 17.0 Å². The minimum Gasteiger partial charge on any atom is -0.396 e. The molecule has 3 nitrogen and oxygen atoms in total. The van der Waals surface area contributed by atoms with Crippen LogP contribution in [0.2, 0.25) is 0 Å². The van der Waals surface area contributed by atoms with E-state index >= 15 is 0 Å². The van der Waals surface area contributed by atoms with Gasteiger partial charge in [0.2, 0.25) is 0 Å². The minimum absolute atomic E-state index is 0.0129. The maximum Gasteiger partial charge on any atom is 0.163 e. The highest BCUT2D eigenvalue weighted by molar-refractivity contribution is 6.03. The first-order valence-corrected chi connectivity index (χ1v) is 5.96. The van der Waals surface area contributed by atoms with Crippen LogP contribution in [-0.2, 0) is 7.05 Å². The summed E-state index contributed by atoms with van der Waals surface area (Å²) in [5.74, 6) is 0.0129. The summed E-state index contributed by atoms with van der Waals surface area (Å²) in [5.41, 5.74) is 11.4. The molecule has 1 aromatic carbocycles. The molecule has 0 fully saturated rings. The van der Waals surface area contributed by atoms with Gasteiger partial charge in [-0.15, -0.1) is 0 Å². The van der Waals surface area contributed by atoms with E-state index in [2.05, 4.69) is 0 Å². The van der Waals surface area contributed by atoms with E-state index in [1.807, 2.05) is 49.7 Å². The Morgan fingerprint density at radius 2 is 1.72 bits per heavy atom. The largest absolute Gasteiger partial charge is 0.396 e. The highest BCUT2D eigenvalue weighted by Gasteiger charge is 2.19. The molecule has 1 heterocycles. The molecule has 0 saturated carbocycles. The predicted molar refractivity (Wildman–Crippen MR) is 74.7 cm³/mol. The molecular weight excluding hydrogens is 224 g/mol. The van der Waals surface area contributed by atoms with Crippen LogP contribution in [0.3, 0.4) is 0 Å². The van der Waals surface area contributed by atoms with E-state index in [9.17, 15) is 4.79 Å². The van der Waals surface area contributed by atoms with Crippen LogP contribution >= 0.6 is 0 Å². The number of hydrogen-bond donors (Lipinski definition) is 1. The van der Waals surface area contributed by atoms with E-state index < -0.39 is 0 Å². The van der Waals surface area contributed by atoms with Crippen molar-refractivity contribution in [3.63, 3.8) is 0 Å². The van der Waals surface area contributed by atoms with Crippen molar-refractivity contribution in [1.82, 2.24) is 4.57 Å². The molecule has 0 unspecified atom stereocenters. The Labute approximate surface area is 107 Å². The smallest absolute Gasteiger partial charge is 0.163 e. The maximum absolute atomic E-state index is 11.6. The van der Waals surface area contributed by atoms with E-state index in [0.29, 0.717) is 11.3 Å². The van der Waals surface area contributed by atoms with Crippen molar-refractivity contribution in [2.24, 2.45) is 7.05 Å². The molecular formula is C15H18N2O. The lowest BCUT2D eigenvalue weighted by molar-refractivity contribution is 0.101. The second kappa shape index (κ2) is 4.33. The van der Waals surface area contributed by atoms with Crippen LogP contribution in [0.15, 0.2) is 24.3 Å². The van der Waals surface area contributed by atoms with Crippen LogP contribution in [-0.4, -0.2) is 10.4 Å². The van der Waals surface area contributed by atoms with Crippen LogP contribution in [0.25, 0.3) is 11.3 Å². The molecule has 0 atom stereocenters. The van der Waals surface area contributed by atoms with Crippen molar-refractivity contribution in [3.05, 3.63) is 41.1 Å². The lowest BCUT2D eigenvalue weighted by atomic mass is 10.1. The molecule has 0 aliphatic rings. The number of nitrogens with two attached hydrogens (primary N) is 1. The molecule has 0 amide bonds. The number of hydrogen-bond acceptors (Lipinski definition) is 2. The van der Waals surface area contributed by atoms with Gasteiger partial charge in [-0.3, -0.25) is 4.79 Å². The molecule has 2 rings (SSSR count). The predicted octanol–water partition coefficient (Wildman–Crippen LogP) is 3.09. The topological polar surface area (TPSA) is 48.0 Å². The van der Waals surface area contributed by atoms with Gasteiger partial charge in [-0.25, -0.2) is 0 Å². The summed E-state index contributed by atoms with van der Waals surface area (Å²) in [6, 6.07) is 8.16. The third-order valence-corrected chi connectivity index (χ3v) is 3.40. The van der Waals surface area contributed by atoms with Gasteiger partial charge in [-0.1, -0.05) is 29.8 Å². The van der Waals surface area contributed by atoms with Crippen molar-refractivity contribution >= 4 is 11.5 Å². The van der Waals surface area contributed by atoms with E-state index in [1.54, 1.807) is 6.92 Å². The van der Waals surface area contributed by atoms with Gasteiger partial charge in [0.05, 0.1) is 16.9 Å². The van der Waals surface area contributed by atoms with Crippen LogP contribution in [0.1, 0.15) is 28.5 Å². The number of benzene rings is 1. The highest BCUT2D eigenvalue weighted by Crippen LogP contribution is 2.33. The molecule has 0 spiro atoms. The third-order valence-electron chi connectivity index (χ3n) is 3.40. The summed E-state index contributed by atoms with van der Waals surface area (Å²) >= 11 is 0. The van der Waals surface area contributed by atoms with Gasteiger partial charge in [0.1, 0.15) is 0 Å². The van der Waals surface area contributed by atoms with Crippen molar-refractivity contribution in [2.75, 3.05) is 5.73 Å². The van der Waals surface area contributed by atoms with E-state index in [1.165, 1.54) is 5.56 Å². The van der Waals surface area contributed by atoms with Crippen molar-refractivity contribution in [3.8, 4) is 11.3 Å². The lowest BCUT2D eigenvalue weighted by Crippen LogP contribution is -1.98. The molecule has 3 heteroatoms. The molecule has 0 saturated heterocycles. The van der Waals surface area contributed by atoms with Crippen molar-refractivity contribution in [1.29, 1.82) is 0 Å². The number of carbonyl (C=O) groups excluding carboxylic acids is 1. The monoisotopic (exact) mass is 242 g/mol. The molecule has 0 radical (unpaired) electrons. The van der Waals surface area contributed by atoms with Gasteiger partial charge < -0.3 is 10.3 Å². The zero-order valence-corrected chi connectivity index (χ0v) is 11.2. The number of rotatable bonds is 2. The van der Waals surface area contributed by atoms with Crippen LogP contribution < -0.4 is 5.73 Å². The summed E-state index contributed by atoms with van der Waals surface area (Å²) in [6.07, 6.45) is 0. The summed E-state index contributed by atoms with van der Waals surface area (Å²) in [5, 5.41) is 0. The fraction of sp³-hybridized carbons (Fsp3) is 0.267. The summed E-state index contributed by atoms with van der Waals surface area (Å²) < 4.78 is 1.98. The first-order valence-electron chi connectivity index (χ1n) is 5.96. The summed E-state index contributed by atoms with van der Waals surface area (Å²) in [6.45, 7) is 5.52. The highest BCUT2D eigenvalue weighted by atomic mass is 16.1. The Bertz CT molecular complexity index is 606. The quantitative estimate of drug-likeness (QED) is 0.823. The number of aryl methyl sites for hydroxylation is 1. The Kier molecular flexibility index (Phi) is 2.99. The fourth-order valence-corrected chi connectivity index (χ4v) is 2.33. The number of ketones is 1. The number of aromatic nitrogens is 1. The second-order valence-electron chi connectivity index (χ2n) is 4.70. The van der Waals surface area contributed by atoms with Crippen LogP contribution in [0.5, 0.6) is 0 Å². The number of carbonyl (C=O) groups is 1. The molecule has 18 heavy (non-hydrogen) atoms. The Morgan fingerprint density at radius 3 is 2.17 bits per heavy atom. The lowest BCUT2D eigenvalue weighted by Gasteiger charge is -2.06. The number of anilines is 1. The van der Waals surface area contributed by atoms with Crippen molar-refractivity contribution in [2.45, 2.75) is 20.8 Å². The standard InChI is InChI=1S/C15H18N2O/c1-9-5-7-12(8-6-9)15-14(16)13(11(3)18)10(2)17(15)4/h5-8H,16H2,1-4H3. The molecule has 2 N–H and O–H groups in total. The van der Waals surface area contributed by atoms with Gasteiger partial charge in [-0.05, 0) is 20.8 Å². The SMILES string of the molecule is CC(=O)c1c(N)c(-c2ccc(C)cc2)n(C)c1C. The number of nitrogen functional groups attached to an aromatic ring is 1. The molecule has 2 aromatic rings. The Balaban J connectivity index is 2.69. The van der Waals surface area contributed by atoms with Gasteiger partial charge in [0.15, 0.2) is 5.78 Å². The van der Waals surface area contributed by atoms with Gasteiger partial charge in [0.25, 0.3) is 0 Å². The van der Waals surface area contributed by atoms with E-state index in [4.69, 9.17) is 5.73 Å². The third kappa shape index (κ3) is 1.82. The van der Waals surface area contributed by atoms with Crippen LogP contribution in [0.4, 0.5) is 5.69 Å². The summed E-state index contributed by atoms with van der Waals surface area (Å²) in [7, 11) is 1.94. The zero-order chi connectivity index (χ0) is 13.4. The Hall–Kier alpha value is -2.03.